The van der Waals surface area contributed by atoms with Gasteiger partial charge in [-0.2, -0.15) is 13.2 Å². The third-order valence-corrected chi connectivity index (χ3v) is 3.67. The molecular formula is C14H13BrF3NO. The average molecular weight is 348 g/mol. The van der Waals surface area contributed by atoms with Gasteiger partial charge in [-0.15, -0.1) is 0 Å². The molecule has 1 N–H and O–H groups in total. The van der Waals surface area contributed by atoms with Gasteiger partial charge < -0.3 is 5.32 Å². The first-order valence-corrected chi connectivity index (χ1v) is 7.03. The van der Waals surface area contributed by atoms with Crippen LogP contribution in [0.4, 0.5) is 18.9 Å². The number of rotatable bonds is 3. The number of hydrogen-bond acceptors (Lipinski definition) is 2. The first-order chi connectivity index (χ1) is 9.38. The van der Waals surface area contributed by atoms with Crippen LogP contribution in [0.5, 0.6) is 0 Å². The van der Waals surface area contributed by atoms with Crippen LogP contribution >= 0.6 is 15.9 Å². The SMILES string of the molecule is O=C(C1=C(Nc2ccc(Br)cc2)CCCC1)C(F)(F)F. The minimum absolute atomic E-state index is 0.133. The topological polar surface area (TPSA) is 29.1 Å². The van der Waals surface area contributed by atoms with Gasteiger partial charge >= 0.3 is 6.18 Å². The van der Waals surface area contributed by atoms with Crippen LogP contribution in [-0.2, 0) is 4.79 Å². The molecule has 0 atom stereocenters. The monoisotopic (exact) mass is 347 g/mol. The summed E-state index contributed by atoms with van der Waals surface area (Å²) >= 11 is 3.29. The second kappa shape index (κ2) is 5.99. The fourth-order valence-electron chi connectivity index (χ4n) is 2.17. The highest BCUT2D eigenvalue weighted by atomic mass is 79.9. The molecule has 0 heterocycles. The van der Waals surface area contributed by atoms with E-state index in [1.165, 1.54) is 0 Å². The van der Waals surface area contributed by atoms with Crippen molar-refractivity contribution < 1.29 is 18.0 Å². The largest absolute Gasteiger partial charge is 0.454 e. The molecule has 1 aliphatic rings. The normalized spacial score (nSPS) is 16.2. The smallest absolute Gasteiger partial charge is 0.359 e. The fourth-order valence-corrected chi connectivity index (χ4v) is 2.44. The molecule has 0 aromatic heterocycles. The van der Waals surface area contributed by atoms with E-state index in [1.807, 2.05) is 0 Å². The van der Waals surface area contributed by atoms with Crippen molar-refractivity contribution in [3.05, 3.63) is 40.0 Å². The molecule has 0 radical (unpaired) electrons. The molecule has 20 heavy (non-hydrogen) atoms. The van der Waals surface area contributed by atoms with E-state index in [9.17, 15) is 18.0 Å². The van der Waals surface area contributed by atoms with Crippen LogP contribution in [0.25, 0.3) is 0 Å². The highest BCUT2D eigenvalue weighted by Crippen LogP contribution is 2.32. The quantitative estimate of drug-likeness (QED) is 0.849. The molecule has 6 heteroatoms. The van der Waals surface area contributed by atoms with Gasteiger partial charge in [0, 0.05) is 21.4 Å². The second-order valence-electron chi connectivity index (χ2n) is 4.62. The van der Waals surface area contributed by atoms with Gasteiger partial charge in [0.2, 0.25) is 0 Å². The molecule has 0 fully saturated rings. The number of Topliss-reactive ketones (excluding diaryl/α,β-unsaturated/α-hetero) is 1. The summed E-state index contributed by atoms with van der Waals surface area (Å²) in [4.78, 5) is 11.4. The number of anilines is 1. The van der Waals surface area contributed by atoms with E-state index < -0.39 is 12.0 Å². The molecule has 0 unspecified atom stereocenters. The summed E-state index contributed by atoms with van der Waals surface area (Å²) in [7, 11) is 0. The summed E-state index contributed by atoms with van der Waals surface area (Å²) in [6.07, 6.45) is -2.76. The van der Waals surface area contributed by atoms with Gasteiger partial charge in [0.15, 0.2) is 0 Å². The number of carbonyl (C=O) groups is 1. The summed E-state index contributed by atoms with van der Waals surface area (Å²) in [6.45, 7) is 0. The maximum absolute atomic E-state index is 12.6. The second-order valence-corrected chi connectivity index (χ2v) is 5.54. The molecule has 108 valence electrons. The Hall–Kier alpha value is -1.30. The maximum Gasteiger partial charge on any atom is 0.454 e. The van der Waals surface area contributed by atoms with Gasteiger partial charge in [-0.1, -0.05) is 15.9 Å². The van der Waals surface area contributed by atoms with Crippen LogP contribution in [0.15, 0.2) is 40.0 Å². The van der Waals surface area contributed by atoms with Crippen molar-refractivity contribution in [2.45, 2.75) is 31.9 Å². The van der Waals surface area contributed by atoms with E-state index in [-0.39, 0.29) is 12.0 Å². The Morgan fingerprint density at radius 2 is 1.70 bits per heavy atom. The van der Waals surface area contributed by atoms with E-state index in [0.29, 0.717) is 24.2 Å². The Morgan fingerprint density at radius 1 is 1.10 bits per heavy atom. The molecule has 1 aliphatic carbocycles. The lowest BCUT2D eigenvalue weighted by molar-refractivity contribution is -0.166. The standard InChI is InChI=1S/C14H13BrF3NO/c15-9-5-7-10(8-6-9)19-12-4-2-1-3-11(12)13(20)14(16,17)18/h5-8,19H,1-4H2. The van der Waals surface area contributed by atoms with Crippen LogP contribution in [-0.4, -0.2) is 12.0 Å². The van der Waals surface area contributed by atoms with Gasteiger partial charge in [0.1, 0.15) is 0 Å². The summed E-state index contributed by atoms with van der Waals surface area (Å²) in [6, 6.07) is 7.08. The average Bonchev–Trinajstić information content (AvgIpc) is 2.40. The van der Waals surface area contributed by atoms with Crippen molar-refractivity contribution in [1.29, 1.82) is 0 Å². The minimum Gasteiger partial charge on any atom is -0.359 e. The first kappa shape index (κ1) is 15.1. The Kier molecular flexibility index (Phi) is 4.52. The van der Waals surface area contributed by atoms with Crippen LogP contribution in [0.2, 0.25) is 0 Å². The number of benzene rings is 1. The number of halogens is 4. The molecule has 0 saturated carbocycles. The zero-order valence-corrected chi connectivity index (χ0v) is 12.1. The third-order valence-electron chi connectivity index (χ3n) is 3.14. The van der Waals surface area contributed by atoms with Gasteiger partial charge in [0.05, 0.1) is 0 Å². The molecular weight excluding hydrogens is 335 g/mol. The lowest BCUT2D eigenvalue weighted by Gasteiger charge is -2.21. The lowest BCUT2D eigenvalue weighted by Crippen LogP contribution is -2.28. The number of carbonyl (C=O) groups excluding carboxylic acids is 1. The van der Waals surface area contributed by atoms with Gasteiger partial charge in [-0.25, -0.2) is 0 Å². The highest BCUT2D eigenvalue weighted by Gasteiger charge is 2.41. The minimum atomic E-state index is -4.81. The molecule has 1 aromatic rings. The molecule has 0 saturated heterocycles. The van der Waals surface area contributed by atoms with E-state index in [1.54, 1.807) is 24.3 Å². The summed E-state index contributed by atoms with van der Waals surface area (Å²) in [5.74, 6) is -1.73. The van der Waals surface area contributed by atoms with Crippen molar-refractivity contribution in [3.8, 4) is 0 Å². The Morgan fingerprint density at radius 3 is 2.30 bits per heavy atom. The van der Waals surface area contributed by atoms with Crippen molar-refractivity contribution in [2.75, 3.05) is 5.32 Å². The lowest BCUT2D eigenvalue weighted by atomic mass is 9.93. The van der Waals surface area contributed by atoms with E-state index >= 15 is 0 Å². The van der Waals surface area contributed by atoms with E-state index in [4.69, 9.17) is 0 Å². The van der Waals surface area contributed by atoms with Crippen LogP contribution in [0.1, 0.15) is 25.7 Å². The van der Waals surface area contributed by atoms with Crippen LogP contribution in [0, 0.1) is 0 Å². The number of ketones is 1. The van der Waals surface area contributed by atoms with Crippen molar-refractivity contribution in [1.82, 2.24) is 0 Å². The Bertz CT molecular complexity index is 534. The van der Waals surface area contributed by atoms with Gasteiger partial charge in [-0.3, -0.25) is 4.79 Å². The Labute approximate surface area is 123 Å². The van der Waals surface area contributed by atoms with Gasteiger partial charge in [-0.05, 0) is 49.9 Å². The number of nitrogens with one attached hydrogen (secondary N) is 1. The predicted octanol–water partition coefficient (Wildman–Crippen LogP) is 4.82. The zero-order valence-electron chi connectivity index (χ0n) is 10.6. The zero-order chi connectivity index (χ0) is 14.8. The number of hydrogen-bond donors (Lipinski definition) is 1. The fraction of sp³-hybridized carbons (Fsp3) is 0.357. The van der Waals surface area contributed by atoms with Crippen molar-refractivity contribution in [3.63, 3.8) is 0 Å². The number of alkyl halides is 3. The summed E-state index contributed by atoms with van der Waals surface area (Å²) in [5.41, 5.74) is 0.935. The third kappa shape index (κ3) is 3.62. The molecule has 1 aromatic carbocycles. The van der Waals surface area contributed by atoms with E-state index in [2.05, 4.69) is 21.2 Å². The molecule has 0 spiro atoms. The summed E-state index contributed by atoms with van der Waals surface area (Å²) in [5, 5.41) is 2.95. The van der Waals surface area contributed by atoms with Crippen LogP contribution in [0.3, 0.4) is 0 Å². The number of allylic oxidation sites excluding steroid dienone is 2. The maximum atomic E-state index is 12.6. The highest BCUT2D eigenvalue weighted by molar-refractivity contribution is 9.10. The molecule has 0 bridgehead atoms. The molecule has 0 aliphatic heterocycles. The molecule has 2 nitrogen and oxygen atoms in total. The predicted molar refractivity (Wildman–Crippen MR) is 74.3 cm³/mol. The van der Waals surface area contributed by atoms with E-state index in [0.717, 1.165) is 10.9 Å². The van der Waals surface area contributed by atoms with Crippen LogP contribution < -0.4 is 5.32 Å². The first-order valence-electron chi connectivity index (χ1n) is 6.24. The Balaban J connectivity index is 2.27. The molecule has 2 rings (SSSR count). The van der Waals surface area contributed by atoms with Crippen molar-refractivity contribution >= 4 is 27.4 Å². The molecule has 0 amide bonds. The van der Waals surface area contributed by atoms with Gasteiger partial charge in [0.25, 0.3) is 5.78 Å². The van der Waals surface area contributed by atoms with Crippen molar-refractivity contribution in [2.24, 2.45) is 0 Å². The summed E-state index contributed by atoms with van der Waals surface area (Å²) < 4.78 is 38.6.